The van der Waals surface area contributed by atoms with E-state index in [1.54, 1.807) is 11.3 Å². The third kappa shape index (κ3) is 3.43. The standard InChI is InChI=1S/C17H17N5O2S/c18-15-16(19-6-5-12-2-1-7-25-12)20-9-21-17(15)22-11-3-4-13-14(8-11)24-10-23-13/h1-4,7-9H,5-6,10,18H2,(H2,19,20,21,22). The number of ether oxygens (including phenoxy) is 2. The number of anilines is 4. The molecule has 1 aliphatic heterocycles. The molecule has 8 heteroatoms. The van der Waals surface area contributed by atoms with Crippen LogP contribution in [-0.2, 0) is 6.42 Å². The van der Waals surface area contributed by atoms with Crippen molar-refractivity contribution < 1.29 is 9.47 Å². The van der Waals surface area contributed by atoms with Gasteiger partial charge in [0.25, 0.3) is 0 Å². The topological polar surface area (TPSA) is 94.3 Å². The van der Waals surface area contributed by atoms with Gasteiger partial charge in [-0.25, -0.2) is 9.97 Å². The molecule has 1 aliphatic rings. The average molecular weight is 355 g/mol. The van der Waals surface area contributed by atoms with Crippen molar-refractivity contribution in [3.63, 3.8) is 0 Å². The molecule has 128 valence electrons. The number of nitrogen functional groups attached to an aromatic ring is 1. The quantitative estimate of drug-likeness (QED) is 0.625. The van der Waals surface area contributed by atoms with Crippen LogP contribution in [0.4, 0.5) is 23.0 Å². The molecule has 4 N–H and O–H groups in total. The summed E-state index contributed by atoms with van der Waals surface area (Å²) in [4.78, 5) is 9.78. The van der Waals surface area contributed by atoms with Crippen LogP contribution in [0.15, 0.2) is 42.0 Å². The first-order valence-corrected chi connectivity index (χ1v) is 8.71. The van der Waals surface area contributed by atoms with Crippen LogP contribution in [0.3, 0.4) is 0 Å². The number of aromatic nitrogens is 2. The van der Waals surface area contributed by atoms with Gasteiger partial charge in [-0.1, -0.05) is 6.07 Å². The van der Waals surface area contributed by atoms with Crippen molar-refractivity contribution in [2.24, 2.45) is 0 Å². The van der Waals surface area contributed by atoms with Crippen molar-refractivity contribution in [2.75, 3.05) is 29.7 Å². The Morgan fingerprint density at radius 1 is 1.12 bits per heavy atom. The fourth-order valence-corrected chi connectivity index (χ4v) is 3.21. The maximum Gasteiger partial charge on any atom is 0.231 e. The summed E-state index contributed by atoms with van der Waals surface area (Å²) in [5, 5.41) is 8.53. The molecule has 25 heavy (non-hydrogen) atoms. The highest BCUT2D eigenvalue weighted by molar-refractivity contribution is 7.09. The lowest BCUT2D eigenvalue weighted by atomic mass is 10.2. The molecule has 1 aromatic carbocycles. The SMILES string of the molecule is Nc1c(NCCc2cccs2)ncnc1Nc1ccc2c(c1)OCO2. The van der Waals surface area contributed by atoms with Crippen LogP contribution in [0.2, 0.25) is 0 Å². The van der Waals surface area contributed by atoms with E-state index in [0.29, 0.717) is 23.1 Å². The molecule has 2 aromatic heterocycles. The van der Waals surface area contributed by atoms with E-state index in [2.05, 4.69) is 32.0 Å². The van der Waals surface area contributed by atoms with E-state index in [4.69, 9.17) is 15.2 Å². The van der Waals surface area contributed by atoms with Gasteiger partial charge in [0.05, 0.1) is 0 Å². The van der Waals surface area contributed by atoms with Gasteiger partial charge in [-0.15, -0.1) is 11.3 Å². The van der Waals surface area contributed by atoms with Gasteiger partial charge in [-0.05, 0) is 30.0 Å². The van der Waals surface area contributed by atoms with Crippen LogP contribution in [0.5, 0.6) is 11.5 Å². The smallest absolute Gasteiger partial charge is 0.231 e. The maximum absolute atomic E-state index is 6.20. The predicted octanol–water partition coefficient (Wildman–Crippen LogP) is 3.25. The third-order valence-electron chi connectivity index (χ3n) is 3.76. The Morgan fingerprint density at radius 2 is 2.00 bits per heavy atom. The zero-order valence-electron chi connectivity index (χ0n) is 13.4. The molecule has 4 rings (SSSR count). The van der Waals surface area contributed by atoms with Gasteiger partial charge in [0.15, 0.2) is 23.1 Å². The molecule has 0 fully saturated rings. The van der Waals surface area contributed by atoms with Crippen molar-refractivity contribution in [1.82, 2.24) is 9.97 Å². The van der Waals surface area contributed by atoms with Crippen molar-refractivity contribution >= 4 is 34.3 Å². The number of thiophene rings is 1. The van der Waals surface area contributed by atoms with Gasteiger partial charge in [0.1, 0.15) is 12.0 Å². The second kappa shape index (κ2) is 6.86. The minimum Gasteiger partial charge on any atom is -0.454 e. The number of rotatable bonds is 6. The Morgan fingerprint density at radius 3 is 2.88 bits per heavy atom. The summed E-state index contributed by atoms with van der Waals surface area (Å²) in [6.07, 6.45) is 2.41. The summed E-state index contributed by atoms with van der Waals surface area (Å²) < 4.78 is 10.7. The highest BCUT2D eigenvalue weighted by Crippen LogP contribution is 2.35. The second-order valence-electron chi connectivity index (χ2n) is 5.43. The van der Waals surface area contributed by atoms with Gasteiger partial charge in [-0.2, -0.15) is 0 Å². The fourth-order valence-electron chi connectivity index (χ4n) is 2.51. The van der Waals surface area contributed by atoms with Crippen LogP contribution in [0.25, 0.3) is 0 Å². The van der Waals surface area contributed by atoms with Crippen LogP contribution in [0.1, 0.15) is 4.88 Å². The maximum atomic E-state index is 6.20. The zero-order chi connectivity index (χ0) is 17.1. The monoisotopic (exact) mass is 355 g/mol. The summed E-state index contributed by atoms with van der Waals surface area (Å²) in [5.74, 6) is 2.60. The van der Waals surface area contributed by atoms with Crippen LogP contribution >= 0.6 is 11.3 Å². The van der Waals surface area contributed by atoms with E-state index < -0.39 is 0 Å². The molecule has 0 bridgehead atoms. The molecule has 0 saturated heterocycles. The molecule has 0 radical (unpaired) electrons. The van der Waals surface area contributed by atoms with E-state index >= 15 is 0 Å². The van der Waals surface area contributed by atoms with E-state index in [-0.39, 0.29) is 6.79 Å². The molecule has 0 atom stereocenters. The number of nitrogens with one attached hydrogen (secondary N) is 2. The summed E-state index contributed by atoms with van der Waals surface area (Å²) >= 11 is 1.74. The molecule has 0 amide bonds. The van der Waals surface area contributed by atoms with E-state index in [1.165, 1.54) is 11.2 Å². The lowest BCUT2D eigenvalue weighted by Gasteiger charge is -2.12. The van der Waals surface area contributed by atoms with Crippen molar-refractivity contribution in [3.05, 3.63) is 46.9 Å². The van der Waals surface area contributed by atoms with E-state index in [9.17, 15) is 0 Å². The lowest BCUT2D eigenvalue weighted by molar-refractivity contribution is 0.174. The Balaban J connectivity index is 1.45. The minimum atomic E-state index is 0.243. The molecule has 0 saturated carbocycles. The molecule has 0 unspecified atom stereocenters. The Kier molecular flexibility index (Phi) is 4.26. The van der Waals surface area contributed by atoms with Gasteiger partial charge >= 0.3 is 0 Å². The molecule has 0 aliphatic carbocycles. The Labute approximate surface area is 148 Å². The van der Waals surface area contributed by atoms with Gasteiger partial charge in [0, 0.05) is 23.2 Å². The number of hydrogen-bond donors (Lipinski definition) is 3. The first kappa shape index (κ1) is 15.5. The fraction of sp³-hybridized carbons (Fsp3) is 0.176. The van der Waals surface area contributed by atoms with E-state index in [1.807, 2.05) is 24.3 Å². The van der Waals surface area contributed by atoms with Gasteiger partial charge < -0.3 is 25.8 Å². The number of hydrogen-bond acceptors (Lipinski definition) is 8. The Bertz CT molecular complexity index is 869. The van der Waals surface area contributed by atoms with Gasteiger partial charge in [-0.3, -0.25) is 0 Å². The van der Waals surface area contributed by atoms with Crippen LogP contribution in [0, 0.1) is 0 Å². The molecular formula is C17H17N5O2S. The second-order valence-corrected chi connectivity index (χ2v) is 6.47. The third-order valence-corrected chi connectivity index (χ3v) is 4.70. The molecule has 0 spiro atoms. The molecular weight excluding hydrogens is 338 g/mol. The number of fused-ring (bicyclic) bond motifs is 1. The minimum absolute atomic E-state index is 0.243. The van der Waals surface area contributed by atoms with Crippen molar-refractivity contribution in [1.29, 1.82) is 0 Å². The normalized spacial score (nSPS) is 12.2. The largest absolute Gasteiger partial charge is 0.454 e. The Hall–Kier alpha value is -3.00. The number of nitrogens with two attached hydrogens (primary N) is 1. The summed E-state index contributed by atoms with van der Waals surface area (Å²) in [6, 6.07) is 9.75. The first-order chi connectivity index (χ1) is 12.3. The zero-order valence-corrected chi connectivity index (χ0v) is 14.2. The highest BCUT2D eigenvalue weighted by atomic mass is 32.1. The van der Waals surface area contributed by atoms with Crippen molar-refractivity contribution in [2.45, 2.75) is 6.42 Å². The van der Waals surface area contributed by atoms with Crippen LogP contribution < -0.4 is 25.8 Å². The lowest BCUT2D eigenvalue weighted by Crippen LogP contribution is -2.10. The number of benzene rings is 1. The molecule has 3 aromatic rings. The summed E-state index contributed by atoms with van der Waals surface area (Å²) in [5.41, 5.74) is 7.50. The predicted molar refractivity (Wildman–Crippen MR) is 98.8 cm³/mol. The van der Waals surface area contributed by atoms with E-state index in [0.717, 1.165) is 24.4 Å². The van der Waals surface area contributed by atoms with Gasteiger partial charge in [0.2, 0.25) is 6.79 Å². The first-order valence-electron chi connectivity index (χ1n) is 7.83. The molecule has 7 nitrogen and oxygen atoms in total. The van der Waals surface area contributed by atoms with Crippen molar-refractivity contribution in [3.8, 4) is 11.5 Å². The van der Waals surface area contributed by atoms with Crippen LogP contribution in [-0.4, -0.2) is 23.3 Å². The average Bonchev–Trinajstić information content (AvgIpc) is 3.29. The summed E-state index contributed by atoms with van der Waals surface area (Å²) in [7, 11) is 0. The number of nitrogens with zero attached hydrogens (tertiary/aromatic N) is 2. The molecule has 3 heterocycles. The highest BCUT2D eigenvalue weighted by Gasteiger charge is 2.14. The summed E-state index contributed by atoms with van der Waals surface area (Å²) in [6.45, 7) is 0.998.